The van der Waals surface area contributed by atoms with Gasteiger partial charge in [-0.3, -0.25) is 9.59 Å². The van der Waals surface area contributed by atoms with Crippen LogP contribution >= 0.6 is 0 Å². The minimum atomic E-state index is -0.308. The molecule has 0 atom stereocenters. The van der Waals surface area contributed by atoms with Crippen LogP contribution in [0.15, 0.2) is 77.9 Å². The molecule has 0 bridgehead atoms. The summed E-state index contributed by atoms with van der Waals surface area (Å²) in [5, 5.41) is 8.13. The van der Waals surface area contributed by atoms with E-state index in [2.05, 4.69) is 41.8 Å². The molecule has 1 fully saturated rings. The normalized spacial score (nSPS) is 13.8. The fourth-order valence-corrected chi connectivity index (χ4v) is 4.41. The van der Waals surface area contributed by atoms with E-state index in [1.165, 1.54) is 11.1 Å². The van der Waals surface area contributed by atoms with Gasteiger partial charge >= 0.3 is 0 Å². The number of pyridine rings is 1. The molecular weight excluding hydrogens is 460 g/mol. The Balaban J connectivity index is 1.39. The van der Waals surface area contributed by atoms with Gasteiger partial charge in [0.15, 0.2) is 0 Å². The average molecular weight is 491 g/mol. The van der Waals surface area contributed by atoms with Gasteiger partial charge in [-0.15, -0.1) is 0 Å². The summed E-state index contributed by atoms with van der Waals surface area (Å²) in [5.41, 5.74) is 10.2. The van der Waals surface area contributed by atoms with Crippen LogP contribution in [0.2, 0.25) is 0 Å². The van der Waals surface area contributed by atoms with Gasteiger partial charge in [0, 0.05) is 22.6 Å². The van der Waals surface area contributed by atoms with E-state index < -0.39 is 0 Å². The molecule has 1 saturated carbocycles. The first-order valence-electron chi connectivity index (χ1n) is 12.6. The SMILES string of the molecule is C/C(=N\NC(=O)c1cc(-c2ccc(C)c(C)c2)nc2ccccc12)c1cccc(NC(=O)C2CCC2)c1. The lowest BCUT2D eigenvalue weighted by Gasteiger charge is -2.24. The molecule has 0 spiro atoms. The quantitative estimate of drug-likeness (QED) is 0.242. The summed E-state index contributed by atoms with van der Waals surface area (Å²) in [7, 11) is 0. The summed E-state index contributed by atoms with van der Waals surface area (Å²) >= 11 is 0. The number of benzene rings is 3. The minimum Gasteiger partial charge on any atom is -0.326 e. The number of para-hydroxylation sites is 1. The van der Waals surface area contributed by atoms with Crippen LogP contribution in [0.4, 0.5) is 5.69 Å². The van der Waals surface area contributed by atoms with Gasteiger partial charge in [-0.25, -0.2) is 10.4 Å². The van der Waals surface area contributed by atoms with Crippen molar-refractivity contribution in [2.24, 2.45) is 11.0 Å². The first-order chi connectivity index (χ1) is 17.9. The predicted octanol–water partition coefficient (Wildman–Crippen LogP) is 6.41. The Kier molecular flexibility index (Phi) is 6.82. The molecule has 1 aliphatic rings. The van der Waals surface area contributed by atoms with Gasteiger partial charge in [0.1, 0.15) is 0 Å². The largest absolute Gasteiger partial charge is 0.326 e. The highest BCUT2D eigenvalue weighted by Gasteiger charge is 2.25. The van der Waals surface area contributed by atoms with E-state index in [4.69, 9.17) is 4.98 Å². The summed E-state index contributed by atoms with van der Waals surface area (Å²) in [6.07, 6.45) is 3.02. The van der Waals surface area contributed by atoms with Crippen molar-refractivity contribution in [3.8, 4) is 11.3 Å². The number of hydrogen-bond acceptors (Lipinski definition) is 4. The first kappa shape index (κ1) is 24.4. The molecule has 5 rings (SSSR count). The molecule has 1 aromatic heterocycles. The van der Waals surface area contributed by atoms with Crippen LogP contribution < -0.4 is 10.7 Å². The summed E-state index contributed by atoms with van der Waals surface area (Å²) < 4.78 is 0. The zero-order valence-corrected chi connectivity index (χ0v) is 21.3. The van der Waals surface area contributed by atoms with E-state index in [-0.39, 0.29) is 17.7 Å². The monoisotopic (exact) mass is 490 g/mol. The smallest absolute Gasteiger partial charge is 0.272 e. The fraction of sp³-hybridized carbons (Fsp3) is 0.226. The van der Waals surface area contributed by atoms with Gasteiger partial charge in [-0.2, -0.15) is 5.10 Å². The van der Waals surface area contributed by atoms with Crippen molar-refractivity contribution in [3.63, 3.8) is 0 Å². The van der Waals surface area contributed by atoms with E-state index in [0.29, 0.717) is 11.3 Å². The van der Waals surface area contributed by atoms with Gasteiger partial charge in [-0.1, -0.05) is 48.9 Å². The highest BCUT2D eigenvalue weighted by atomic mass is 16.2. The number of nitrogens with one attached hydrogen (secondary N) is 2. The maximum absolute atomic E-state index is 13.3. The Bertz CT molecular complexity index is 1540. The highest BCUT2D eigenvalue weighted by Crippen LogP contribution is 2.28. The van der Waals surface area contributed by atoms with E-state index in [0.717, 1.165) is 52.7 Å². The second-order valence-corrected chi connectivity index (χ2v) is 9.71. The minimum absolute atomic E-state index is 0.0652. The number of nitrogens with zero attached hydrogens (tertiary/aromatic N) is 2. The molecule has 1 heterocycles. The van der Waals surface area contributed by atoms with Gasteiger partial charge in [0.05, 0.1) is 22.5 Å². The van der Waals surface area contributed by atoms with Crippen LogP contribution in [0, 0.1) is 19.8 Å². The van der Waals surface area contributed by atoms with Crippen molar-refractivity contribution in [3.05, 3.63) is 95.1 Å². The van der Waals surface area contributed by atoms with Crippen LogP contribution in [0.25, 0.3) is 22.2 Å². The number of anilines is 1. The molecule has 0 radical (unpaired) electrons. The highest BCUT2D eigenvalue weighted by molar-refractivity contribution is 6.08. The third-order valence-electron chi connectivity index (χ3n) is 7.11. The molecule has 186 valence electrons. The summed E-state index contributed by atoms with van der Waals surface area (Å²) in [6, 6.07) is 23.1. The van der Waals surface area contributed by atoms with Gasteiger partial charge < -0.3 is 5.32 Å². The van der Waals surface area contributed by atoms with Crippen molar-refractivity contribution in [1.29, 1.82) is 0 Å². The van der Waals surface area contributed by atoms with Gasteiger partial charge in [-0.05, 0) is 80.6 Å². The maximum Gasteiger partial charge on any atom is 0.272 e. The molecule has 37 heavy (non-hydrogen) atoms. The summed E-state index contributed by atoms with van der Waals surface area (Å²) in [6.45, 7) is 5.97. The topological polar surface area (TPSA) is 83.4 Å². The molecule has 2 amide bonds. The van der Waals surface area contributed by atoms with Crippen LogP contribution in [-0.4, -0.2) is 22.5 Å². The van der Waals surface area contributed by atoms with Crippen molar-refractivity contribution in [2.45, 2.75) is 40.0 Å². The number of carbonyl (C=O) groups excluding carboxylic acids is 2. The van der Waals surface area contributed by atoms with Crippen LogP contribution in [-0.2, 0) is 4.79 Å². The Labute approximate surface area is 216 Å². The second kappa shape index (κ2) is 10.3. The van der Waals surface area contributed by atoms with Crippen LogP contribution in [0.1, 0.15) is 53.2 Å². The number of fused-ring (bicyclic) bond motifs is 1. The predicted molar refractivity (Wildman–Crippen MR) is 149 cm³/mol. The molecule has 0 unspecified atom stereocenters. The molecule has 6 nitrogen and oxygen atoms in total. The Hall–Kier alpha value is -4.32. The van der Waals surface area contributed by atoms with Gasteiger partial charge in [0.2, 0.25) is 5.91 Å². The number of amides is 2. The lowest BCUT2D eigenvalue weighted by Crippen LogP contribution is -2.28. The summed E-state index contributed by atoms with van der Waals surface area (Å²) in [5.74, 6) is -0.130. The van der Waals surface area contributed by atoms with Crippen molar-refractivity contribution < 1.29 is 9.59 Å². The number of hydrazone groups is 1. The van der Waals surface area contributed by atoms with Crippen molar-refractivity contribution >= 4 is 34.1 Å². The molecule has 4 aromatic rings. The van der Waals surface area contributed by atoms with Crippen LogP contribution in [0.3, 0.4) is 0 Å². The fourth-order valence-electron chi connectivity index (χ4n) is 4.41. The standard InChI is InChI=1S/C31H30N4O2/c1-19-14-15-24(16-20(19)2)29-18-27(26-12-4-5-13-28(26)33-29)31(37)35-34-21(3)23-10-7-11-25(17-23)32-30(36)22-8-6-9-22/h4-5,7,10-18,22H,6,8-9H2,1-3H3,(H,32,36)(H,35,37)/b34-21+. The zero-order chi connectivity index (χ0) is 25.9. The number of rotatable bonds is 6. The lowest BCUT2D eigenvalue weighted by atomic mass is 9.85. The van der Waals surface area contributed by atoms with Crippen molar-refractivity contribution in [2.75, 3.05) is 5.32 Å². The molecule has 0 saturated heterocycles. The summed E-state index contributed by atoms with van der Waals surface area (Å²) in [4.78, 5) is 30.4. The third kappa shape index (κ3) is 5.28. The maximum atomic E-state index is 13.3. The third-order valence-corrected chi connectivity index (χ3v) is 7.11. The number of aryl methyl sites for hydroxylation is 2. The van der Waals surface area contributed by atoms with Crippen molar-refractivity contribution in [1.82, 2.24) is 10.4 Å². The van der Waals surface area contributed by atoms with E-state index in [9.17, 15) is 9.59 Å². The first-order valence-corrected chi connectivity index (χ1v) is 12.6. The molecule has 2 N–H and O–H groups in total. The van der Waals surface area contributed by atoms with Gasteiger partial charge in [0.25, 0.3) is 5.91 Å². The molecular formula is C31H30N4O2. The number of carbonyl (C=O) groups is 2. The Morgan fingerprint density at radius 2 is 1.73 bits per heavy atom. The molecule has 3 aromatic carbocycles. The van der Waals surface area contributed by atoms with E-state index in [1.54, 1.807) is 0 Å². The molecule has 0 aliphatic heterocycles. The Morgan fingerprint density at radius 3 is 2.49 bits per heavy atom. The second-order valence-electron chi connectivity index (χ2n) is 9.71. The van der Waals surface area contributed by atoms with E-state index in [1.807, 2.05) is 67.6 Å². The number of hydrogen-bond donors (Lipinski definition) is 2. The number of aromatic nitrogens is 1. The zero-order valence-electron chi connectivity index (χ0n) is 21.3. The Morgan fingerprint density at radius 1 is 0.919 bits per heavy atom. The molecule has 1 aliphatic carbocycles. The molecule has 6 heteroatoms. The lowest BCUT2D eigenvalue weighted by molar-refractivity contribution is -0.122. The van der Waals surface area contributed by atoms with Crippen LogP contribution in [0.5, 0.6) is 0 Å². The average Bonchev–Trinajstić information content (AvgIpc) is 2.87. The van der Waals surface area contributed by atoms with E-state index >= 15 is 0 Å².